The van der Waals surface area contributed by atoms with Gasteiger partial charge in [0.2, 0.25) is 0 Å². The zero-order chi connectivity index (χ0) is 15.9. The molecule has 2 aromatic rings. The quantitative estimate of drug-likeness (QED) is 0.628. The number of carbonyl (C=O) groups excluding carboxylic acids is 1. The molecule has 0 amide bonds. The summed E-state index contributed by atoms with van der Waals surface area (Å²) in [5, 5.41) is 0. The van der Waals surface area contributed by atoms with Crippen LogP contribution < -0.4 is 0 Å². The van der Waals surface area contributed by atoms with Crippen LogP contribution in [0.2, 0.25) is 0 Å². The molecule has 1 aromatic heterocycles. The van der Waals surface area contributed by atoms with Crippen molar-refractivity contribution in [3.8, 4) is 5.69 Å². The summed E-state index contributed by atoms with van der Waals surface area (Å²) in [7, 11) is 1.80. The molecule has 22 heavy (non-hydrogen) atoms. The lowest BCUT2D eigenvalue weighted by Crippen LogP contribution is -2.25. The molecule has 1 aliphatic rings. The Labute approximate surface area is 132 Å². The maximum absolute atomic E-state index is 13.6. The summed E-state index contributed by atoms with van der Waals surface area (Å²) < 4.78 is 20.4. The minimum atomic E-state index is -0.471. The van der Waals surface area contributed by atoms with E-state index in [4.69, 9.17) is 17.0 Å². The van der Waals surface area contributed by atoms with Gasteiger partial charge in [0.15, 0.2) is 5.69 Å². The van der Waals surface area contributed by atoms with E-state index < -0.39 is 5.97 Å². The van der Waals surface area contributed by atoms with Gasteiger partial charge in [-0.1, -0.05) is 12.2 Å². The Hall–Kier alpha value is -2.28. The number of carbonyl (C=O) groups is 1. The number of fused-ring (bicyclic) bond motifs is 3. The van der Waals surface area contributed by atoms with Crippen molar-refractivity contribution in [1.82, 2.24) is 14.5 Å². The molecule has 2 heterocycles. The van der Waals surface area contributed by atoms with Crippen molar-refractivity contribution >= 4 is 23.2 Å². The Morgan fingerprint density at radius 1 is 1.50 bits per heavy atom. The van der Waals surface area contributed by atoms with E-state index in [9.17, 15) is 9.18 Å². The first-order valence-corrected chi connectivity index (χ1v) is 7.22. The number of ether oxygens (including phenoxy) is 1. The van der Waals surface area contributed by atoms with Gasteiger partial charge >= 0.3 is 5.97 Å². The van der Waals surface area contributed by atoms with Crippen LogP contribution in [-0.2, 0) is 11.3 Å². The lowest BCUT2D eigenvalue weighted by atomic mass is 10.1. The van der Waals surface area contributed by atoms with E-state index in [1.165, 1.54) is 12.1 Å². The van der Waals surface area contributed by atoms with Crippen molar-refractivity contribution in [2.45, 2.75) is 13.5 Å². The van der Waals surface area contributed by atoms with Crippen molar-refractivity contribution < 1.29 is 13.9 Å². The van der Waals surface area contributed by atoms with Gasteiger partial charge in [-0.3, -0.25) is 4.57 Å². The highest BCUT2D eigenvalue weighted by Gasteiger charge is 2.27. The number of rotatable bonds is 2. The van der Waals surface area contributed by atoms with Gasteiger partial charge in [0.1, 0.15) is 17.1 Å². The predicted molar refractivity (Wildman–Crippen MR) is 82.6 cm³/mol. The summed E-state index contributed by atoms with van der Waals surface area (Å²) in [6.07, 6.45) is 1.54. The molecule has 0 saturated heterocycles. The monoisotopic (exact) mass is 319 g/mol. The van der Waals surface area contributed by atoms with Crippen LogP contribution in [0.1, 0.15) is 28.7 Å². The molecule has 0 radical (unpaired) electrons. The fraction of sp³-hybridized carbons (Fsp3) is 0.267. The van der Waals surface area contributed by atoms with E-state index in [1.54, 1.807) is 35.8 Å². The molecule has 0 bridgehead atoms. The summed E-state index contributed by atoms with van der Waals surface area (Å²) in [5.41, 5.74) is 2.24. The number of thiocarbonyl (C=S) groups is 1. The van der Waals surface area contributed by atoms with Crippen molar-refractivity contribution in [3.63, 3.8) is 0 Å². The summed E-state index contributed by atoms with van der Waals surface area (Å²) in [6, 6.07) is 4.39. The average molecular weight is 319 g/mol. The van der Waals surface area contributed by atoms with Crippen LogP contribution in [0, 0.1) is 5.82 Å². The number of hydrogen-bond acceptors (Lipinski definition) is 4. The van der Waals surface area contributed by atoms with Crippen molar-refractivity contribution in [2.75, 3.05) is 13.7 Å². The second kappa shape index (κ2) is 5.49. The Morgan fingerprint density at radius 2 is 2.27 bits per heavy atom. The van der Waals surface area contributed by atoms with Gasteiger partial charge < -0.3 is 9.64 Å². The second-order valence-electron chi connectivity index (χ2n) is 4.95. The van der Waals surface area contributed by atoms with Gasteiger partial charge in [0.05, 0.1) is 24.5 Å². The highest BCUT2D eigenvalue weighted by molar-refractivity contribution is 7.80. The molecule has 3 rings (SSSR count). The molecule has 0 atom stereocenters. The van der Waals surface area contributed by atoms with Crippen LogP contribution in [-0.4, -0.2) is 39.1 Å². The van der Waals surface area contributed by atoms with Gasteiger partial charge in [0.25, 0.3) is 0 Å². The Balaban J connectivity index is 2.20. The number of benzene rings is 1. The predicted octanol–water partition coefficient (Wildman–Crippen LogP) is 2.31. The normalized spacial score (nSPS) is 13.4. The lowest BCUT2D eigenvalue weighted by molar-refractivity contribution is 0.0518. The molecule has 0 saturated carbocycles. The minimum Gasteiger partial charge on any atom is -0.461 e. The van der Waals surface area contributed by atoms with Crippen LogP contribution in [0.5, 0.6) is 0 Å². The summed E-state index contributed by atoms with van der Waals surface area (Å²) >= 11 is 5.41. The molecule has 0 fully saturated rings. The van der Waals surface area contributed by atoms with E-state index >= 15 is 0 Å². The first-order chi connectivity index (χ1) is 10.5. The zero-order valence-corrected chi connectivity index (χ0v) is 13.0. The number of esters is 1. The maximum atomic E-state index is 13.6. The van der Waals surface area contributed by atoms with Crippen LogP contribution in [0.4, 0.5) is 4.39 Å². The number of nitrogens with zero attached hydrogens (tertiary/aromatic N) is 3. The average Bonchev–Trinajstić information content (AvgIpc) is 2.86. The molecular weight excluding hydrogens is 305 g/mol. The van der Waals surface area contributed by atoms with Crippen LogP contribution >= 0.6 is 12.2 Å². The summed E-state index contributed by atoms with van der Waals surface area (Å²) in [5.74, 6) is -0.829. The molecule has 0 unspecified atom stereocenters. The SMILES string of the molecule is CCOC(=O)c1ncn2c1CN(C)C(=S)c1cc(F)ccc1-2. The molecule has 0 aliphatic carbocycles. The topological polar surface area (TPSA) is 47.4 Å². The number of aromatic nitrogens is 2. The van der Waals surface area contributed by atoms with E-state index in [2.05, 4.69) is 4.98 Å². The highest BCUT2D eigenvalue weighted by Crippen LogP contribution is 2.27. The van der Waals surface area contributed by atoms with Crippen molar-refractivity contribution in [3.05, 3.63) is 47.3 Å². The smallest absolute Gasteiger partial charge is 0.358 e. The van der Waals surface area contributed by atoms with E-state index in [0.29, 0.717) is 28.5 Å². The molecule has 5 nitrogen and oxygen atoms in total. The molecule has 7 heteroatoms. The summed E-state index contributed by atoms with van der Waals surface area (Å²) in [6.45, 7) is 2.41. The standard InChI is InChI=1S/C15H14FN3O2S/c1-3-21-15(20)13-12-7-18(2)14(22)10-6-9(16)4-5-11(10)19(12)8-17-13/h4-6,8H,3,7H2,1-2H3. The number of hydrogen-bond donors (Lipinski definition) is 0. The van der Waals surface area contributed by atoms with Crippen molar-refractivity contribution in [1.29, 1.82) is 0 Å². The Bertz CT molecular complexity index is 772. The van der Waals surface area contributed by atoms with Gasteiger partial charge in [-0.2, -0.15) is 0 Å². The number of imidazole rings is 1. The molecule has 1 aromatic carbocycles. The Kier molecular flexibility index (Phi) is 3.66. The molecule has 1 aliphatic heterocycles. The lowest BCUT2D eigenvalue weighted by Gasteiger charge is -2.17. The van der Waals surface area contributed by atoms with Gasteiger partial charge in [-0.25, -0.2) is 14.2 Å². The minimum absolute atomic E-state index is 0.258. The van der Waals surface area contributed by atoms with E-state index in [0.717, 1.165) is 0 Å². The van der Waals surface area contributed by atoms with Crippen LogP contribution in [0.15, 0.2) is 24.5 Å². The maximum Gasteiger partial charge on any atom is 0.358 e. The van der Waals surface area contributed by atoms with Crippen molar-refractivity contribution in [2.24, 2.45) is 0 Å². The van der Waals surface area contributed by atoms with Gasteiger partial charge in [-0.15, -0.1) is 0 Å². The largest absolute Gasteiger partial charge is 0.461 e. The van der Waals surface area contributed by atoms with Gasteiger partial charge in [0, 0.05) is 12.6 Å². The number of halogens is 1. The fourth-order valence-electron chi connectivity index (χ4n) is 2.49. The van der Waals surface area contributed by atoms with E-state index in [-0.39, 0.29) is 18.1 Å². The second-order valence-corrected chi connectivity index (χ2v) is 5.34. The third kappa shape index (κ3) is 2.27. The van der Waals surface area contributed by atoms with Gasteiger partial charge in [-0.05, 0) is 25.1 Å². The molecule has 114 valence electrons. The molecule has 0 N–H and O–H groups in total. The first kappa shape index (κ1) is 14.6. The highest BCUT2D eigenvalue weighted by atomic mass is 32.1. The third-order valence-corrected chi connectivity index (χ3v) is 4.05. The van der Waals surface area contributed by atoms with Crippen LogP contribution in [0.25, 0.3) is 5.69 Å². The summed E-state index contributed by atoms with van der Waals surface area (Å²) in [4.78, 5) is 18.5. The van der Waals surface area contributed by atoms with E-state index in [1.807, 2.05) is 0 Å². The molecule has 0 spiro atoms. The van der Waals surface area contributed by atoms with Crippen LogP contribution in [0.3, 0.4) is 0 Å². The molecular formula is C15H14FN3O2S. The third-order valence-electron chi connectivity index (χ3n) is 3.52. The Morgan fingerprint density at radius 3 is 3.00 bits per heavy atom. The fourth-order valence-corrected chi connectivity index (χ4v) is 2.72. The zero-order valence-electron chi connectivity index (χ0n) is 12.2. The first-order valence-electron chi connectivity index (χ1n) is 6.81.